The average molecular weight is 502 g/mol. The summed E-state index contributed by atoms with van der Waals surface area (Å²) in [6.45, 7) is 18.2. The number of rotatable bonds is 0. The van der Waals surface area contributed by atoms with Crippen LogP contribution in [0.5, 0.6) is 0 Å². The Morgan fingerprint density at radius 3 is 1.78 bits per heavy atom. The fourth-order valence-corrected chi connectivity index (χ4v) is 4.71. The fraction of sp³-hybridized carbons (Fsp3) is 0.419. The van der Waals surface area contributed by atoms with Crippen LogP contribution in [0.4, 0.5) is 0 Å². The van der Waals surface area contributed by atoms with Crippen LogP contribution in [0.2, 0.25) is 0 Å². The first-order valence-electron chi connectivity index (χ1n) is 11.8. The molecule has 0 atom stereocenters. The second-order valence-electron chi connectivity index (χ2n) is 11.3. The molecule has 0 bridgehead atoms. The van der Waals surface area contributed by atoms with Crippen LogP contribution in [0.1, 0.15) is 87.8 Å². The van der Waals surface area contributed by atoms with Crippen LogP contribution in [-0.4, -0.2) is 3.21 Å². The average Bonchev–Trinajstić information content (AvgIpc) is 3.14. The van der Waals surface area contributed by atoms with Crippen LogP contribution in [0.15, 0.2) is 48.5 Å². The molecule has 1 heteroatoms. The molecule has 2 aliphatic carbocycles. The second-order valence-corrected chi connectivity index (χ2v) is 13.0. The van der Waals surface area contributed by atoms with Crippen molar-refractivity contribution in [3.05, 3.63) is 88.0 Å². The summed E-state index contributed by atoms with van der Waals surface area (Å²) >= 11 is 1.66. The number of fused-ring (bicyclic) bond motifs is 3. The minimum Gasteiger partial charge on any atom is -0.214 e. The van der Waals surface area contributed by atoms with E-state index in [-0.39, 0.29) is 10.8 Å². The minimum atomic E-state index is 0.163. The summed E-state index contributed by atoms with van der Waals surface area (Å²) in [6.07, 6.45) is 3.91. The molecule has 1 saturated carbocycles. The van der Waals surface area contributed by atoms with Crippen molar-refractivity contribution in [2.45, 2.75) is 85.5 Å². The largest absolute Gasteiger partial charge is 0.214 e. The summed E-state index contributed by atoms with van der Waals surface area (Å²) in [5.74, 6) is 0. The molecule has 3 aromatic carbocycles. The molecule has 0 nitrogen and oxygen atoms in total. The maximum Gasteiger partial charge on any atom is -0.172 e. The van der Waals surface area contributed by atoms with Crippen molar-refractivity contribution in [1.82, 2.24) is 0 Å². The molecule has 0 aliphatic heterocycles. The molecule has 32 heavy (non-hydrogen) atoms. The molecular formula is C31H38Zr. The summed E-state index contributed by atoms with van der Waals surface area (Å²) in [4.78, 5) is 0. The quantitative estimate of drug-likeness (QED) is 0.213. The number of hydrogen-bond donors (Lipinski definition) is 0. The van der Waals surface area contributed by atoms with E-state index in [0.29, 0.717) is 0 Å². The zero-order valence-corrected chi connectivity index (χ0v) is 23.7. The zero-order chi connectivity index (χ0) is 23.7. The molecule has 0 heterocycles. The number of hydrogen-bond acceptors (Lipinski definition) is 0. The van der Waals surface area contributed by atoms with Crippen molar-refractivity contribution >= 4 is 3.21 Å². The van der Waals surface area contributed by atoms with Gasteiger partial charge in [-0.05, 0) is 35.4 Å². The van der Waals surface area contributed by atoms with Gasteiger partial charge in [-0.3, -0.25) is 0 Å². The zero-order valence-electron chi connectivity index (χ0n) is 21.2. The third kappa shape index (κ3) is 6.32. The van der Waals surface area contributed by atoms with Crippen LogP contribution >= 0.6 is 0 Å². The van der Waals surface area contributed by atoms with Gasteiger partial charge in [0.05, 0.1) is 0 Å². The van der Waals surface area contributed by atoms with E-state index in [1.807, 2.05) is 30.3 Å². The fourth-order valence-electron chi connectivity index (χ4n) is 4.41. The SMILES string of the molecule is Cc1[c-]c2c(cc1C(C)(C)C)-c1cc(C(C)(C)C)c(C)cc1C2.[Zr+2]=[C]1CC1.c1cc[cH-]c1. The molecule has 0 N–H and O–H groups in total. The molecule has 0 spiro atoms. The van der Waals surface area contributed by atoms with E-state index in [4.69, 9.17) is 0 Å². The summed E-state index contributed by atoms with van der Waals surface area (Å²) in [6, 6.07) is 20.9. The van der Waals surface area contributed by atoms with E-state index in [2.05, 4.69) is 79.7 Å². The molecule has 3 aromatic rings. The van der Waals surface area contributed by atoms with E-state index in [1.54, 1.807) is 27.4 Å². The molecule has 2 aliphatic rings. The molecule has 0 amide bonds. The van der Waals surface area contributed by atoms with E-state index in [1.165, 1.54) is 57.3 Å². The van der Waals surface area contributed by atoms with Gasteiger partial charge in [-0.15, -0.1) is 16.7 Å². The van der Waals surface area contributed by atoms with Gasteiger partial charge in [0.1, 0.15) is 0 Å². The van der Waals surface area contributed by atoms with Crippen LogP contribution in [0.25, 0.3) is 11.1 Å². The maximum absolute atomic E-state index is 3.69. The molecule has 0 radical (unpaired) electrons. The molecular weight excluding hydrogens is 464 g/mol. The van der Waals surface area contributed by atoms with Gasteiger partial charge in [-0.2, -0.15) is 35.9 Å². The number of benzene rings is 2. The van der Waals surface area contributed by atoms with Crippen molar-refractivity contribution in [1.29, 1.82) is 0 Å². The molecule has 0 unspecified atom stereocenters. The predicted molar refractivity (Wildman–Crippen MR) is 137 cm³/mol. The molecule has 5 rings (SSSR count). The summed E-state index contributed by atoms with van der Waals surface area (Å²) in [7, 11) is 0. The number of aryl methyl sites for hydroxylation is 2. The van der Waals surface area contributed by atoms with Crippen LogP contribution in [-0.2, 0) is 41.5 Å². The Morgan fingerprint density at radius 2 is 1.34 bits per heavy atom. The Morgan fingerprint density at radius 1 is 0.812 bits per heavy atom. The van der Waals surface area contributed by atoms with Crippen molar-refractivity contribution in [2.75, 3.05) is 0 Å². The molecule has 1 fully saturated rings. The Balaban J connectivity index is 0.000000264. The van der Waals surface area contributed by atoms with Gasteiger partial charge in [0.2, 0.25) is 0 Å². The Bertz CT molecular complexity index is 992. The summed E-state index contributed by atoms with van der Waals surface area (Å²) in [5.41, 5.74) is 11.6. The van der Waals surface area contributed by atoms with Gasteiger partial charge in [0, 0.05) is 0 Å². The Hall–Kier alpha value is -1.46. The minimum absolute atomic E-state index is 0.163. The first-order chi connectivity index (χ1) is 14.9. The van der Waals surface area contributed by atoms with Gasteiger partial charge >= 0.3 is 40.3 Å². The smallest absolute Gasteiger partial charge is 0.172 e. The first-order valence-corrected chi connectivity index (χ1v) is 13.0. The van der Waals surface area contributed by atoms with Crippen molar-refractivity contribution in [3.63, 3.8) is 0 Å². The third-order valence-electron chi connectivity index (χ3n) is 6.14. The Labute approximate surface area is 211 Å². The van der Waals surface area contributed by atoms with Crippen LogP contribution < -0.4 is 0 Å². The van der Waals surface area contributed by atoms with E-state index >= 15 is 0 Å². The first kappa shape index (κ1) is 25.2. The van der Waals surface area contributed by atoms with Crippen molar-refractivity contribution < 1.29 is 24.2 Å². The van der Waals surface area contributed by atoms with Crippen LogP contribution in [0.3, 0.4) is 0 Å². The van der Waals surface area contributed by atoms with Gasteiger partial charge in [0.25, 0.3) is 0 Å². The van der Waals surface area contributed by atoms with E-state index in [9.17, 15) is 0 Å². The summed E-state index contributed by atoms with van der Waals surface area (Å²) < 4.78 is 1.76. The van der Waals surface area contributed by atoms with Gasteiger partial charge in [0.15, 0.2) is 0 Å². The summed E-state index contributed by atoms with van der Waals surface area (Å²) in [5, 5.41) is 0. The maximum atomic E-state index is 3.69. The van der Waals surface area contributed by atoms with Crippen molar-refractivity contribution in [3.8, 4) is 11.1 Å². The Kier molecular flexibility index (Phi) is 7.71. The monoisotopic (exact) mass is 500 g/mol. The third-order valence-corrected chi connectivity index (χ3v) is 7.36. The normalized spacial score (nSPS) is 14.0. The van der Waals surface area contributed by atoms with Gasteiger partial charge in [-0.25, -0.2) is 12.1 Å². The van der Waals surface area contributed by atoms with Crippen LogP contribution in [0, 0.1) is 19.9 Å². The van der Waals surface area contributed by atoms with Gasteiger partial charge in [-0.1, -0.05) is 71.6 Å². The topological polar surface area (TPSA) is 0 Å². The van der Waals surface area contributed by atoms with E-state index < -0.39 is 0 Å². The molecule has 0 aromatic heterocycles. The molecule has 0 saturated heterocycles. The predicted octanol–water partition coefficient (Wildman–Crippen LogP) is 8.17. The van der Waals surface area contributed by atoms with Gasteiger partial charge < -0.3 is 0 Å². The second kappa shape index (κ2) is 9.81. The molecule has 166 valence electrons. The van der Waals surface area contributed by atoms with Crippen molar-refractivity contribution in [2.24, 2.45) is 0 Å². The van der Waals surface area contributed by atoms with E-state index in [0.717, 1.165) is 6.42 Å². The standard InChI is InChI=1S/C23H29.C5H5.C3H4.Zr/c1-14-9-16-11-17-10-15(2)21(23(6,7)8)13-19(17)18(16)12-20(14)22(3,4)5;1-2-4-5-3-1;1-2-3-1;/h9,12-13H,11H2,1-8H3;1-5H;1-2H2;/q2*-1;;+2.